The fraction of sp³-hybridized carbons (Fsp3) is 0.667. The van der Waals surface area contributed by atoms with Crippen LogP contribution in [0.1, 0.15) is 32.0 Å². The molecule has 5 nitrogen and oxygen atoms in total. The molecule has 15 heavy (non-hydrogen) atoms. The molecule has 0 fully saturated rings. The molecule has 84 valence electrons. The third-order valence-electron chi connectivity index (χ3n) is 1.87. The van der Waals surface area contributed by atoms with Crippen molar-refractivity contribution in [3.05, 3.63) is 11.8 Å². The number of aryl methyl sites for hydroxylation is 1. The van der Waals surface area contributed by atoms with Gasteiger partial charge in [-0.05, 0) is 6.42 Å². The van der Waals surface area contributed by atoms with Gasteiger partial charge in [-0.3, -0.25) is 4.79 Å². The molecule has 1 heterocycles. The second-order valence-electron chi connectivity index (χ2n) is 2.99. The molecule has 0 aliphatic heterocycles. The third kappa shape index (κ3) is 3.54. The van der Waals surface area contributed by atoms with E-state index >= 15 is 0 Å². The van der Waals surface area contributed by atoms with Gasteiger partial charge in [-0.1, -0.05) is 13.8 Å². The van der Waals surface area contributed by atoms with Crippen molar-refractivity contribution >= 4 is 17.7 Å². The van der Waals surface area contributed by atoms with Gasteiger partial charge in [-0.2, -0.15) is 0 Å². The average molecular weight is 230 g/mol. The minimum atomic E-state index is -0.794. The second-order valence-corrected chi connectivity index (χ2v) is 4.18. The van der Waals surface area contributed by atoms with Crippen molar-refractivity contribution in [1.29, 1.82) is 0 Å². The summed E-state index contributed by atoms with van der Waals surface area (Å²) in [5.41, 5.74) is 0. The van der Waals surface area contributed by atoms with Crippen molar-refractivity contribution in [2.45, 2.75) is 37.7 Å². The molecule has 0 aromatic carbocycles. The van der Waals surface area contributed by atoms with Crippen molar-refractivity contribution in [1.82, 2.24) is 10.2 Å². The number of hydrogen-bond donors (Lipinski definition) is 1. The van der Waals surface area contributed by atoms with Gasteiger partial charge in [0.15, 0.2) is 0 Å². The zero-order valence-corrected chi connectivity index (χ0v) is 9.58. The maximum absolute atomic E-state index is 10.7. The van der Waals surface area contributed by atoms with Crippen molar-refractivity contribution < 1.29 is 14.3 Å². The maximum atomic E-state index is 10.7. The van der Waals surface area contributed by atoms with Crippen LogP contribution in [0.4, 0.5) is 0 Å². The van der Waals surface area contributed by atoms with Crippen molar-refractivity contribution in [3.8, 4) is 0 Å². The zero-order valence-electron chi connectivity index (χ0n) is 8.77. The molecule has 6 heteroatoms. The summed E-state index contributed by atoms with van der Waals surface area (Å²) < 4.78 is 5.27. The van der Waals surface area contributed by atoms with Crippen LogP contribution in [0.2, 0.25) is 0 Å². The van der Waals surface area contributed by atoms with Gasteiger partial charge in [-0.25, -0.2) is 0 Å². The van der Waals surface area contributed by atoms with Crippen molar-refractivity contribution in [2.24, 2.45) is 0 Å². The van der Waals surface area contributed by atoms with Crippen LogP contribution in [0, 0.1) is 0 Å². The minimum absolute atomic E-state index is 0.401. The van der Waals surface area contributed by atoms with E-state index in [-0.39, 0.29) is 0 Å². The lowest BCUT2D eigenvalue weighted by Crippen LogP contribution is -2.15. The first-order valence-electron chi connectivity index (χ1n) is 4.83. The summed E-state index contributed by atoms with van der Waals surface area (Å²) in [5, 5.41) is 16.0. The maximum Gasteiger partial charge on any atom is 0.316 e. The van der Waals surface area contributed by atoms with Gasteiger partial charge >= 0.3 is 5.97 Å². The number of aromatic nitrogens is 2. The molecule has 1 aromatic heterocycles. The topological polar surface area (TPSA) is 76.2 Å². The Morgan fingerprint density at radius 3 is 2.60 bits per heavy atom. The highest BCUT2D eigenvalue weighted by atomic mass is 32.2. The van der Waals surface area contributed by atoms with E-state index in [1.807, 2.05) is 13.8 Å². The van der Waals surface area contributed by atoms with E-state index in [4.69, 9.17) is 9.52 Å². The average Bonchev–Trinajstić information content (AvgIpc) is 2.66. The molecule has 0 saturated heterocycles. The fourth-order valence-electron chi connectivity index (χ4n) is 1.03. The van der Waals surface area contributed by atoms with Crippen LogP contribution in [0.15, 0.2) is 4.42 Å². The summed E-state index contributed by atoms with van der Waals surface area (Å²) in [5.74, 6) is 0.751. The number of carbonyl (C=O) groups is 1. The highest BCUT2D eigenvalue weighted by Gasteiger charge is 2.16. The first-order valence-corrected chi connectivity index (χ1v) is 5.87. The summed E-state index contributed by atoms with van der Waals surface area (Å²) in [4.78, 5) is 10.7. The molecule has 0 aliphatic carbocycles. The summed E-state index contributed by atoms with van der Waals surface area (Å²) in [7, 11) is 0. The Morgan fingerprint density at radius 1 is 1.47 bits per heavy atom. The SMILES string of the molecule is CCc1nnc(CSC(CC)C(=O)O)o1. The molecule has 0 saturated carbocycles. The van der Waals surface area contributed by atoms with Gasteiger partial charge in [0.25, 0.3) is 0 Å². The molecule has 1 aromatic rings. The van der Waals surface area contributed by atoms with Gasteiger partial charge in [0.2, 0.25) is 11.8 Å². The first kappa shape index (κ1) is 12.0. The van der Waals surface area contributed by atoms with Crippen LogP contribution in [0.5, 0.6) is 0 Å². The van der Waals surface area contributed by atoms with E-state index in [1.54, 1.807) is 0 Å². The molecular weight excluding hydrogens is 216 g/mol. The van der Waals surface area contributed by atoms with Crippen LogP contribution >= 0.6 is 11.8 Å². The van der Waals surface area contributed by atoms with E-state index in [9.17, 15) is 4.79 Å². The highest BCUT2D eigenvalue weighted by molar-refractivity contribution is 7.99. The predicted octanol–water partition coefficient (Wildman–Crippen LogP) is 1.73. The Labute approximate surface area is 92.3 Å². The third-order valence-corrected chi connectivity index (χ3v) is 3.22. The quantitative estimate of drug-likeness (QED) is 0.802. The van der Waals surface area contributed by atoms with Gasteiger partial charge in [0.05, 0.1) is 5.75 Å². The van der Waals surface area contributed by atoms with Gasteiger partial charge in [0.1, 0.15) is 5.25 Å². The standard InChI is InChI=1S/C9H14N2O3S/c1-3-6(9(12)13)15-5-8-11-10-7(4-2)14-8/h6H,3-5H2,1-2H3,(H,12,13). The molecule has 1 atom stereocenters. The molecular formula is C9H14N2O3S. The molecule has 1 N–H and O–H groups in total. The monoisotopic (exact) mass is 230 g/mol. The Balaban J connectivity index is 2.45. The number of aliphatic carboxylic acids is 1. The Morgan fingerprint density at radius 2 is 2.13 bits per heavy atom. The lowest BCUT2D eigenvalue weighted by atomic mass is 10.3. The van der Waals surface area contributed by atoms with Crippen LogP contribution in [0.3, 0.4) is 0 Å². The molecule has 0 aliphatic rings. The molecule has 0 spiro atoms. The lowest BCUT2D eigenvalue weighted by Gasteiger charge is -2.06. The van der Waals surface area contributed by atoms with E-state index in [1.165, 1.54) is 11.8 Å². The lowest BCUT2D eigenvalue weighted by molar-refractivity contribution is -0.136. The predicted molar refractivity (Wildman–Crippen MR) is 56.7 cm³/mol. The summed E-state index contributed by atoms with van der Waals surface area (Å²) in [6.07, 6.45) is 1.29. The first-order chi connectivity index (χ1) is 7.17. The number of nitrogens with zero attached hydrogens (tertiary/aromatic N) is 2. The summed E-state index contributed by atoms with van der Waals surface area (Å²) in [6.45, 7) is 3.77. The van der Waals surface area contributed by atoms with Gasteiger partial charge < -0.3 is 9.52 Å². The molecule has 0 bridgehead atoms. The zero-order chi connectivity index (χ0) is 11.3. The van der Waals surface area contributed by atoms with Crippen LogP contribution in [0.25, 0.3) is 0 Å². The van der Waals surface area contributed by atoms with E-state index in [0.29, 0.717) is 30.4 Å². The van der Waals surface area contributed by atoms with Gasteiger partial charge in [0, 0.05) is 6.42 Å². The van der Waals surface area contributed by atoms with Crippen LogP contribution in [-0.2, 0) is 17.0 Å². The largest absolute Gasteiger partial charge is 0.480 e. The van der Waals surface area contributed by atoms with Crippen LogP contribution in [-0.4, -0.2) is 26.5 Å². The number of carboxylic acids is 1. The number of hydrogen-bond acceptors (Lipinski definition) is 5. The van der Waals surface area contributed by atoms with E-state index in [0.717, 1.165) is 0 Å². The fourth-order valence-corrected chi connectivity index (χ4v) is 1.86. The molecule has 1 rings (SSSR count). The van der Waals surface area contributed by atoms with Crippen molar-refractivity contribution in [3.63, 3.8) is 0 Å². The normalized spacial score (nSPS) is 12.7. The second kappa shape index (κ2) is 5.75. The molecule has 0 amide bonds. The Bertz CT molecular complexity index is 327. The minimum Gasteiger partial charge on any atom is -0.480 e. The van der Waals surface area contributed by atoms with Crippen LogP contribution < -0.4 is 0 Å². The highest BCUT2D eigenvalue weighted by Crippen LogP contribution is 2.19. The smallest absolute Gasteiger partial charge is 0.316 e. The number of rotatable bonds is 6. The number of carboxylic acid groups (broad SMARTS) is 1. The van der Waals surface area contributed by atoms with Crippen molar-refractivity contribution in [2.75, 3.05) is 0 Å². The summed E-state index contributed by atoms with van der Waals surface area (Å²) >= 11 is 1.31. The molecule has 1 unspecified atom stereocenters. The van der Waals surface area contributed by atoms with E-state index < -0.39 is 11.2 Å². The van der Waals surface area contributed by atoms with Gasteiger partial charge in [-0.15, -0.1) is 22.0 Å². The Kier molecular flexibility index (Phi) is 4.61. The molecule has 0 radical (unpaired) electrons. The Hall–Kier alpha value is -1.04. The van der Waals surface area contributed by atoms with E-state index in [2.05, 4.69) is 10.2 Å². The number of thioether (sulfide) groups is 1. The summed E-state index contributed by atoms with van der Waals surface area (Å²) in [6, 6.07) is 0.